The number of benzene rings is 3. The van der Waals surface area contributed by atoms with E-state index in [-0.39, 0.29) is 24.5 Å². The average molecular weight is 616 g/mol. The number of nitrogens with zero attached hydrogens (tertiary/aromatic N) is 4. The molecule has 1 aromatic heterocycles. The van der Waals surface area contributed by atoms with Gasteiger partial charge in [0.15, 0.2) is 0 Å². The number of anilines is 2. The van der Waals surface area contributed by atoms with Gasteiger partial charge in [0.1, 0.15) is 19.0 Å². The highest BCUT2D eigenvalue weighted by molar-refractivity contribution is 6.30. The van der Waals surface area contributed by atoms with Gasteiger partial charge in [-0.2, -0.15) is 4.68 Å². The molecule has 0 spiro atoms. The predicted molar refractivity (Wildman–Crippen MR) is 164 cm³/mol. The van der Waals surface area contributed by atoms with Crippen molar-refractivity contribution < 1.29 is 23.9 Å². The number of ether oxygens (including phenoxy) is 2. The van der Waals surface area contributed by atoms with E-state index in [1.165, 1.54) is 17.1 Å². The highest BCUT2D eigenvalue weighted by atomic mass is 35.5. The number of hydrogen-bond donors (Lipinski definition) is 3. The van der Waals surface area contributed by atoms with Gasteiger partial charge in [-0.1, -0.05) is 41.9 Å². The van der Waals surface area contributed by atoms with Crippen molar-refractivity contribution in [3.63, 3.8) is 0 Å². The Bertz CT molecular complexity index is 1600. The van der Waals surface area contributed by atoms with Crippen molar-refractivity contribution >= 4 is 47.0 Å². The first kappa shape index (κ1) is 30.2. The topological polar surface area (TPSA) is 149 Å². The summed E-state index contributed by atoms with van der Waals surface area (Å²) in [5.41, 5.74) is 3.78. The summed E-state index contributed by atoms with van der Waals surface area (Å²) in [4.78, 5) is 36.3. The molecule has 0 radical (unpaired) electrons. The molecule has 2 heterocycles. The Morgan fingerprint density at radius 1 is 1.09 bits per heavy atom. The molecular formula is C31H30ClN7O5. The zero-order valence-electron chi connectivity index (χ0n) is 23.6. The lowest BCUT2D eigenvalue weighted by Gasteiger charge is -2.20. The summed E-state index contributed by atoms with van der Waals surface area (Å²) in [5.74, 6) is -0.557. The molecule has 3 N–H and O–H groups in total. The van der Waals surface area contributed by atoms with Crippen LogP contribution in [0.2, 0.25) is 5.02 Å². The molecule has 1 saturated heterocycles. The molecule has 12 nitrogen and oxygen atoms in total. The SMILES string of the molecule is O=C(/C=C/c1cc(Cl)ccc1-n1cnnn1)N[C@H](CNc1ccc(NC(=O)OC[C@@H]2CCC(=O)O2)cc1)Cc1ccccc1. The summed E-state index contributed by atoms with van der Waals surface area (Å²) in [6, 6.07) is 22.0. The van der Waals surface area contributed by atoms with Crippen LogP contribution < -0.4 is 16.0 Å². The zero-order valence-corrected chi connectivity index (χ0v) is 24.3. The first-order valence-corrected chi connectivity index (χ1v) is 14.3. The van der Waals surface area contributed by atoms with Crippen LogP contribution in [0.15, 0.2) is 85.2 Å². The Morgan fingerprint density at radius 2 is 1.89 bits per heavy atom. The highest BCUT2D eigenvalue weighted by Gasteiger charge is 2.24. The fourth-order valence-corrected chi connectivity index (χ4v) is 4.74. The molecule has 1 aliphatic rings. The zero-order chi connectivity index (χ0) is 30.7. The Hall–Kier alpha value is -5.23. The van der Waals surface area contributed by atoms with E-state index in [1.54, 1.807) is 36.4 Å². The summed E-state index contributed by atoms with van der Waals surface area (Å²) < 4.78 is 11.7. The molecule has 0 aliphatic carbocycles. The summed E-state index contributed by atoms with van der Waals surface area (Å²) >= 11 is 6.20. The minimum atomic E-state index is -0.629. The molecule has 2 amide bonds. The van der Waals surface area contributed by atoms with Crippen LogP contribution in [0.4, 0.5) is 16.2 Å². The van der Waals surface area contributed by atoms with Crippen molar-refractivity contribution in [2.75, 3.05) is 23.8 Å². The van der Waals surface area contributed by atoms with Gasteiger partial charge < -0.3 is 20.1 Å². The maximum atomic E-state index is 13.0. The number of aromatic nitrogens is 4. The molecule has 2 atom stereocenters. The monoisotopic (exact) mass is 615 g/mol. The van der Waals surface area contributed by atoms with Gasteiger partial charge in [-0.25, -0.2) is 4.79 Å². The van der Waals surface area contributed by atoms with Crippen LogP contribution in [0.25, 0.3) is 11.8 Å². The van der Waals surface area contributed by atoms with E-state index < -0.39 is 12.2 Å². The number of hydrogen-bond acceptors (Lipinski definition) is 9. The molecule has 4 aromatic rings. The number of esters is 1. The van der Waals surface area contributed by atoms with E-state index in [0.717, 1.165) is 11.3 Å². The summed E-state index contributed by atoms with van der Waals surface area (Å²) in [7, 11) is 0. The minimum Gasteiger partial charge on any atom is -0.459 e. The number of cyclic esters (lactones) is 1. The van der Waals surface area contributed by atoms with Gasteiger partial charge in [0, 0.05) is 41.0 Å². The van der Waals surface area contributed by atoms with E-state index >= 15 is 0 Å². The first-order chi connectivity index (χ1) is 21.4. The second kappa shape index (κ2) is 14.8. The predicted octanol–water partition coefficient (Wildman–Crippen LogP) is 4.42. The maximum absolute atomic E-state index is 13.0. The van der Waals surface area contributed by atoms with Crippen molar-refractivity contribution in [2.24, 2.45) is 0 Å². The molecule has 0 saturated carbocycles. The largest absolute Gasteiger partial charge is 0.459 e. The van der Waals surface area contributed by atoms with Crippen LogP contribution in [-0.4, -0.2) is 63.5 Å². The molecule has 1 aliphatic heterocycles. The Kier molecular flexibility index (Phi) is 10.2. The Labute approximate surface area is 258 Å². The van der Waals surface area contributed by atoms with Gasteiger partial charge in [0.2, 0.25) is 5.91 Å². The van der Waals surface area contributed by atoms with E-state index in [9.17, 15) is 14.4 Å². The average Bonchev–Trinajstić information content (AvgIpc) is 3.71. The van der Waals surface area contributed by atoms with Gasteiger partial charge in [-0.3, -0.25) is 14.9 Å². The molecule has 1 fully saturated rings. The lowest BCUT2D eigenvalue weighted by atomic mass is 10.1. The van der Waals surface area contributed by atoms with Gasteiger partial charge >= 0.3 is 12.1 Å². The lowest BCUT2D eigenvalue weighted by Crippen LogP contribution is -2.40. The van der Waals surface area contributed by atoms with E-state index in [4.69, 9.17) is 21.1 Å². The third-order valence-electron chi connectivity index (χ3n) is 6.72. The van der Waals surface area contributed by atoms with Gasteiger partial charge in [-0.15, -0.1) is 5.10 Å². The van der Waals surface area contributed by atoms with E-state index in [2.05, 4.69) is 31.5 Å². The summed E-state index contributed by atoms with van der Waals surface area (Å²) in [6.07, 6.45) is 5.04. The molecule has 3 aromatic carbocycles. The van der Waals surface area contributed by atoms with Crippen molar-refractivity contribution in [1.82, 2.24) is 25.5 Å². The number of rotatable bonds is 12. The second-order valence-corrected chi connectivity index (χ2v) is 10.5. The van der Waals surface area contributed by atoms with E-state index in [0.29, 0.717) is 47.8 Å². The molecule has 44 heavy (non-hydrogen) atoms. The fourth-order valence-electron chi connectivity index (χ4n) is 4.56. The molecule has 13 heteroatoms. The van der Waals surface area contributed by atoms with Crippen LogP contribution in [0.3, 0.4) is 0 Å². The second-order valence-electron chi connectivity index (χ2n) is 10.0. The van der Waals surface area contributed by atoms with Crippen molar-refractivity contribution in [1.29, 1.82) is 0 Å². The number of tetrazole rings is 1. The third kappa shape index (κ3) is 8.88. The maximum Gasteiger partial charge on any atom is 0.411 e. The lowest BCUT2D eigenvalue weighted by molar-refractivity contribution is -0.142. The number of amides is 2. The number of carbonyl (C=O) groups excluding carboxylic acids is 3. The molecule has 0 unspecified atom stereocenters. The number of nitrogens with one attached hydrogen (secondary N) is 3. The van der Waals surface area contributed by atoms with Crippen molar-refractivity contribution in [3.8, 4) is 5.69 Å². The molecular weight excluding hydrogens is 586 g/mol. The van der Waals surface area contributed by atoms with Crippen LogP contribution in [-0.2, 0) is 25.5 Å². The van der Waals surface area contributed by atoms with Crippen LogP contribution >= 0.6 is 11.6 Å². The Morgan fingerprint density at radius 3 is 2.61 bits per heavy atom. The molecule has 5 rings (SSSR count). The molecule has 226 valence electrons. The standard InChI is InChI=1S/C31H30ClN7O5/c32-23-7-13-28(39-20-34-37-38-39)22(17-23)6-14-29(40)35-26(16-21-4-2-1-3-5-21)18-33-24-8-10-25(11-9-24)36-31(42)43-19-27-12-15-30(41)44-27/h1-11,13-14,17,20,26-27,33H,12,15-16,18-19H2,(H,35,40)(H,36,42)/b14-6+/t26-,27-/m0/s1. The Balaban J connectivity index is 1.18. The van der Waals surface area contributed by atoms with Gasteiger partial charge in [0.05, 0.1) is 11.7 Å². The van der Waals surface area contributed by atoms with Crippen LogP contribution in [0.5, 0.6) is 0 Å². The smallest absolute Gasteiger partial charge is 0.411 e. The highest BCUT2D eigenvalue weighted by Crippen LogP contribution is 2.21. The quantitative estimate of drug-likeness (QED) is 0.155. The number of carbonyl (C=O) groups is 3. The normalized spacial score (nSPS) is 15.0. The summed E-state index contributed by atoms with van der Waals surface area (Å²) in [6.45, 7) is 0.455. The first-order valence-electron chi connectivity index (χ1n) is 13.9. The summed E-state index contributed by atoms with van der Waals surface area (Å²) in [5, 5.41) is 20.9. The van der Waals surface area contributed by atoms with Crippen molar-refractivity contribution in [2.45, 2.75) is 31.4 Å². The van der Waals surface area contributed by atoms with E-state index in [1.807, 2.05) is 42.5 Å². The minimum absolute atomic E-state index is 0.0144. The van der Waals surface area contributed by atoms with Gasteiger partial charge in [-0.05, 0) is 77.4 Å². The van der Waals surface area contributed by atoms with Gasteiger partial charge in [0.25, 0.3) is 0 Å². The fraction of sp³-hybridized carbons (Fsp3) is 0.226. The third-order valence-corrected chi connectivity index (χ3v) is 6.96. The van der Waals surface area contributed by atoms with Crippen LogP contribution in [0.1, 0.15) is 24.0 Å². The number of halogens is 1. The van der Waals surface area contributed by atoms with Crippen molar-refractivity contribution in [3.05, 3.63) is 101 Å². The van der Waals surface area contributed by atoms with Crippen LogP contribution in [0, 0.1) is 0 Å². The molecule has 0 bridgehead atoms.